The van der Waals surface area contributed by atoms with Gasteiger partial charge in [-0.2, -0.15) is 0 Å². The van der Waals surface area contributed by atoms with E-state index in [0.717, 1.165) is 31.5 Å². The van der Waals surface area contributed by atoms with Gasteiger partial charge in [-0.15, -0.1) is 0 Å². The molecule has 130 valence electrons. The quantitative estimate of drug-likeness (QED) is 0.835. The van der Waals surface area contributed by atoms with E-state index in [2.05, 4.69) is 14.5 Å². The Morgan fingerprint density at radius 2 is 2.08 bits per heavy atom. The van der Waals surface area contributed by atoms with E-state index in [4.69, 9.17) is 16.3 Å². The zero-order valence-electron chi connectivity index (χ0n) is 13.7. The van der Waals surface area contributed by atoms with E-state index in [1.807, 2.05) is 43.0 Å². The van der Waals surface area contributed by atoms with E-state index in [1.165, 1.54) is 0 Å². The summed E-state index contributed by atoms with van der Waals surface area (Å²) in [6.45, 7) is 3.39. The second-order valence-corrected chi connectivity index (χ2v) is 6.71. The molecule has 3 rings (SSSR count). The van der Waals surface area contributed by atoms with Gasteiger partial charge in [-0.3, -0.25) is 0 Å². The number of aliphatic hydroxyl groups excluding tert-OH is 1. The van der Waals surface area contributed by atoms with Gasteiger partial charge in [0.05, 0.1) is 25.6 Å². The van der Waals surface area contributed by atoms with Crippen molar-refractivity contribution in [3.63, 3.8) is 0 Å². The summed E-state index contributed by atoms with van der Waals surface area (Å²) >= 11 is 6.09. The van der Waals surface area contributed by atoms with Crippen LogP contribution in [0.4, 0.5) is 0 Å². The van der Waals surface area contributed by atoms with Gasteiger partial charge in [-0.1, -0.05) is 29.8 Å². The number of hydrogen-bond acceptors (Lipinski definition) is 4. The molecule has 2 aromatic rings. The van der Waals surface area contributed by atoms with Gasteiger partial charge in [0.2, 0.25) is 0 Å². The summed E-state index contributed by atoms with van der Waals surface area (Å²) in [5.74, 6) is 0. The number of halogens is 1. The van der Waals surface area contributed by atoms with Crippen LogP contribution >= 0.6 is 11.6 Å². The van der Waals surface area contributed by atoms with Crippen LogP contribution in [0.5, 0.6) is 0 Å². The van der Waals surface area contributed by atoms with Gasteiger partial charge in [0.1, 0.15) is 0 Å². The molecule has 0 radical (unpaired) electrons. The Morgan fingerprint density at radius 1 is 1.29 bits per heavy atom. The lowest BCUT2D eigenvalue weighted by Crippen LogP contribution is -2.40. The van der Waals surface area contributed by atoms with Crippen molar-refractivity contribution in [2.24, 2.45) is 0 Å². The highest BCUT2D eigenvalue weighted by molar-refractivity contribution is 6.31. The molecular formula is C18H24ClN3O2. The number of rotatable bonds is 7. The summed E-state index contributed by atoms with van der Waals surface area (Å²) in [5.41, 5.74) is 0.951. The van der Waals surface area contributed by atoms with E-state index < -0.39 is 6.10 Å². The number of nitrogens with zero attached hydrogens (tertiary/aromatic N) is 3. The lowest BCUT2D eigenvalue weighted by atomic mass is 10.0. The fraction of sp³-hybridized carbons (Fsp3) is 0.500. The van der Waals surface area contributed by atoms with Gasteiger partial charge in [-0.25, -0.2) is 4.98 Å². The zero-order valence-corrected chi connectivity index (χ0v) is 14.5. The van der Waals surface area contributed by atoms with E-state index >= 15 is 0 Å². The molecule has 1 N–H and O–H groups in total. The van der Waals surface area contributed by atoms with Crippen LogP contribution in [0.15, 0.2) is 43.0 Å². The number of aromatic nitrogens is 2. The third kappa shape index (κ3) is 4.80. The van der Waals surface area contributed by atoms with Crippen LogP contribution in [0.2, 0.25) is 5.02 Å². The third-order valence-electron chi connectivity index (χ3n) is 4.50. The first-order valence-electron chi connectivity index (χ1n) is 8.41. The molecule has 2 heterocycles. The molecular weight excluding hydrogens is 326 g/mol. The Balaban J connectivity index is 1.35. The first-order chi connectivity index (χ1) is 11.7. The topological polar surface area (TPSA) is 50.5 Å². The molecule has 5 nitrogen and oxygen atoms in total. The van der Waals surface area contributed by atoms with Crippen LogP contribution < -0.4 is 0 Å². The molecule has 1 unspecified atom stereocenters. The Labute approximate surface area is 147 Å². The highest BCUT2D eigenvalue weighted by atomic mass is 35.5. The van der Waals surface area contributed by atoms with Gasteiger partial charge in [0, 0.05) is 43.1 Å². The fourth-order valence-electron chi connectivity index (χ4n) is 3.16. The number of imidazole rings is 1. The molecule has 0 saturated carbocycles. The Bertz CT molecular complexity index is 612. The Morgan fingerprint density at radius 3 is 2.79 bits per heavy atom. The summed E-state index contributed by atoms with van der Waals surface area (Å²) in [4.78, 5) is 6.42. The van der Waals surface area contributed by atoms with Crippen molar-refractivity contribution in [3.8, 4) is 0 Å². The van der Waals surface area contributed by atoms with Crippen LogP contribution in [-0.4, -0.2) is 51.9 Å². The monoisotopic (exact) mass is 349 g/mol. The van der Waals surface area contributed by atoms with Crippen LogP contribution in [-0.2, 0) is 11.3 Å². The highest BCUT2D eigenvalue weighted by Crippen LogP contribution is 2.22. The zero-order chi connectivity index (χ0) is 16.8. The summed E-state index contributed by atoms with van der Waals surface area (Å²) in [6, 6.07) is 8.15. The maximum absolute atomic E-state index is 10.2. The molecule has 6 heteroatoms. The molecule has 1 aromatic heterocycles. The molecule has 0 aliphatic carbocycles. The molecule has 1 aromatic carbocycles. The smallest absolute Gasteiger partial charge is 0.0948 e. The second-order valence-electron chi connectivity index (χ2n) is 6.30. The summed E-state index contributed by atoms with van der Waals surface area (Å²) in [7, 11) is 0. The van der Waals surface area contributed by atoms with Crippen LogP contribution in [0.3, 0.4) is 0 Å². The van der Waals surface area contributed by atoms with Crippen LogP contribution in [0, 0.1) is 0 Å². The van der Waals surface area contributed by atoms with Crippen molar-refractivity contribution < 1.29 is 9.84 Å². The molecule has 1 saturated heterocycles. The number of likely N-dealkylation sites (tertiary alicyclic amines) is 1. The SMILES string of the molecule is OC(COCc1ccccc1Cl)CN1CCC(n2ccnc2)CC1. The first-order valence-corrected chi connectivity index (χ1v) is 8.79. The summed E-state index contributed by atoms with van der Waals surface area (Å²) in [6.07, 6.45) is 7.44. The molecule has 1 fully saturated rings. The number of piperidine rings is 1. The maximum Gasteiger partial charge on any atom is 0.0948 e. The number of ether oxygens (including phenoxy) is 1. The van der Waals surface area contributed by atoms with Crippen molar-refractivity contribution in [3.05, 3.63) is 53.6 Å². The molecule has 1 atom stereocenters. The highest BCUT2D eigenvalue weighted by Gasteiger charge is 2.21. The van der Waals surface area contributed by atoms with Crippen molar-refractivity contribution in [2.75, 3.05) is 26.2 Å². The van der Waals surface area contributed by atoms with Gasteiger partial charge in [0.25, 0.3) is 0 Å². The number of benzene rings is 1. The largest absolute Gasteiger partial charge is 0.389 e. The predicted octanol–water partition coefficient (Wildman–Crippen LogP) is 2.75. The molecule has 0 spiro atoms. The van der Waals surface area contributed by atoms with Crippen LogP contribution in [0.25, 0.3) is 0 Å². The van der Waals surface area contributed by atoms with Crippen molar-refractivity contribution in [1.82, 2.24) is 14.5 Å². The van der Waals surface area contributed by atoms with Crippen LogP contribution in [0.1, 0.15) is 24.4 Å². The Kier molecular flexibility index (Phi) is 6.26. The number of aliphatic hydroxyl groups is 1. The van der Waals surface area contributed by atoms with Crippen molar-refractivity contribution >= 4 is 11.6 Å². The van der Waals surface area contributed by atoms with E-state index in [1.54, 1.807) is 0 Å². The molecule has 0 amide bonds. The summed E-state index contributed by atoms with van der Waals surface area (Å²) in [5, 5.41) is 10.9. The molecule has 0 bridgehead atoms. The van der Waals surface area contributed by atoms with Gasteiger partial charge in [0.15, 0.2) is 0 Å². The minimum Gasteiger partial charge on any atom is -0.389 e. The minimum atomic E-state index is -0.475. The third-order valence-corrected chi connectivity index (χ3v) is 4.87. The van der Waals surface area contributed by atoms with E-state index in [9.17, 15) is 5.11 Å². The molecule has 24 heavy (non-hydrogen) atoms. The average Bonchev–Trinajstić information content (AvgIpc) is 3.12. The fourth-order valence-corrected chi connectivity index (χ4v) is 3.35. The van der Waals surface area contributed by atoms with Gasteiger partial charge >= 0.3 is 0 Å². The standard InChI is InChI=1S/C18H24ClN3O2/c19-18-4-2-1-3-15(18)12-24-13-17(23)11-21-8-5-16(6-9-21)22-10-7-20-14-22/h1-4,7,10,14,16-17,23H,5-6,8-9,11-13H2. The predicted molar refractivity (Wildman–Crippen MR) is 94.1 cm³/mol. The lowest BCUT2D eigenvalue weighted by Gasteiger charge is -2.33. The number of hydrogen-bond donors (Lipinski definition) is 1. The molecule has 1 aliphatic rings. The van der Waals surface area contributed by atoms with Gasteiger partial charge < -0.3 is 19.3 Å². The van der Waals surface area contributed by atoms with E-state index in [0.29, 0.717) is 30.8 Å². The number of β-amino-alcohol motifs (C(OH)–C–C–N with tert-alkyl or cyclic N) is 1. The van der Waals surface area contributed by atoms with Gasteiger partial charge in [-0.05, 0) is 24.5 Å². The van der Waals surface area contributed by atoms with Crippen molar-refractivity contribution in [2.45, 2.75) is 31.6 Å². The second kappa shape index (κ2) is 8.62. The lowest BCUT2D eigenvalue weighted by molar-refractivity contribution is 0.00489. The van der Waals surface area contributed by atoms with E-state index in [-0.39, 0.29) is 0 Å². The normalized spacial score (nSPS) is 17.9. The maximum atomic E-state index is 10.2. The summed E-state index contributed by atoms with van der Waals surface area (Å²) < 4.78 is 7.79. The minimum absolute atomic E-state index is 0.326. The molecule has 1 aliphatic heterocycles. The van der Waals surface area contributed by atoms with Crippen molar-refractivity contribution in [1.29, 1.82) is 0 Å². The first kappa shape index (κ1) is 17.4. The Hall–Kier alpha value is -1.40. The average molecular weight is 350 g/mol.